The first-order chi connectivity index (χ1) is 13.5. The summed E-state index contributed by atoms with van der Waals surface area (Å²) in [4.78, 5) is 13.0. The molecule has 0 spiro atoms. The first-order valence-corrected chi connectivity index (χ1v) is 10.4. The number of anilines is 2. The minimum absolute atomic E-state index is 0. The van der Waals surface area contributed by atoms with Crippen molar-refractivity contribution in [3.63, 3.8) is 0 Å². The molecule has 0 aliphatic carbocycles. The van der Waals surface area contributed by atoms with Gasteiger partial charge in [-0.1, -0.05) is 6.07 Å². The molecule has 1 unspecified atom stereocenters. The Morgan fingerprint density at radius 3 is 2.90 bits per heavy atom. The number of thiazole rings is 1. The summed E-state index contributed by atoms with van der Waals surface area (Å²) in [5.74, 6) is 0.588. The Bertz CT molecular complexity index is 825. The van der Waals surface area contributed by atoms with Crippen molar-refractivity contribution in [2.45, 2.75) is 32.4 Å². The quantitative estimate of drug-likeness (QED) is 0.350. The normalized spacial score (nSPS) is 16.9. The van der Waals surface area contributed by atoms with Gasteiger partial charge in [0.1, 0.15) is 5.82 Å². The van der Waals surface area contributed by atoms with Crippen molar-refractivity contribution in [1.82, 2.24) is 15.6 Å². The van der Waals surface area contributed by atoms with E-state index >= 15 is 0 Å². The highest BCUT2D eigenvalue weighted by Gasteiger charge is 2.23. The maximum absolute atomic E-state index is 14.3. The van der Waals surface area contributed by atoms with Gasteiger partial charge < -0.3 is 20.4 Å². The highest BCUT2D eigenvalue weighted by Crippen LogP contribution is 2.24. The Balaban J connectivity index is 0.00000300. The number of benzene rings is 1. The van der Waals surface area contributed by atoms with Gasteiger partial charge in [-0.05, 0) is 37.5 Å². The molecule has 1 aromatic carbocycles. The molecular formula is C20H30FIN6S. The molecule has 29 heavy (non-hydrogen) atoms. The van der Waals surface area contributed by atoms with Crippen LogP contribution in [0.15, 0.2) is 28.6 Å². The van der Waals surface area contributed by atoms with Gasteiger partial charge in [0.2, 0.25) is 0 Å². The van der Waals surface area contributed by atoms with Crippen molar-refractivity contribution < 1.29 is 4.39 Å². The molecule has 2 aromatic rings. The molecule has 1 atom stereocenters. The molecule has 2 heterocycles. The van der Waals surface area contributed by atoms with E-state index in [-0.39, 0.29) is 35.8 Å². The number of hydrogen-bond acceptors (Lipinski definition) is 5. The van der Waals surface area contributed by atoms with Crippen LogP contribution in [0.3, 0.4) is 0 Å². The molecule has 6 nitrogen and oxygen atoms in total. The Kier molecular flexibility index (Phi) is 8.94. The summed E-state index contributed by atoms with van der Waals surface area (Å²) in [6.45, 7) is 4.24. The summed E-state index contributed by atoms with van der Waals surface area (Å²) in [6.07, 6.45) is 2.05. The van der Waals surface area contributed by atoms with Crippen molar-refractivity contribution in [2.75, 3.05) is 44.0 Å². The van der Waals surface area contributed by atoms with E-state index in [2.05, 4.69) is 30.9 Å². The molecule has 0 saturated carbocycles. The number of guanidine groups is 1. The van der Waals surface area contributed by atoms with Crippen LogP contribution in [-0.2, 0) is 6.54 Å². The van der Waals surface area contributed by atoms with E-state index in [0.717, 1.165) is 48.3 Å². The second kappa shape index (κ2) is 11.0. The third-order valence-electron chi connectivity index (χ3n) is 4.79. The highest BCUT2D eigenvalue weighted by atomic mass is 127. The molecule has 2 N–H and O–H groups in total. The zero-order chi connectivity index (χ0) is 20.1. The van der Waals surface area contributed by atoms with Gasteiger partial charge in [-0.3, -0.25) is 4.99 Å². The molecule has 160 valence electrons. The smallest absolute Gasteiger partial charge is 0.191 e. The third-order valence-corrected chi connectivity index (χ3v) is 5.84. The van der Waals surface area contributed by atoms with Gasteiger partial charge in [-0.2, -0.15) is 0 Å². The second-order valence-electron chi connectivity index (χ2n) is 7.33. The molecule has 1 fully saturated rings. The first-order valence-electron chi connectivity index (χ1n) is 9.56. The maximum atomic E-state index is 14.3. The predicted octanol–water partition coefficient (Wildman–Crippen LogP) is 3.61. The van der Waals surface area contributed by atoms with Crippen LogP contribution in [0.5, 0.6) is 0 Å². The van der Waals surface area contributed by atoms with Crippen LogP contribution in [0.2, 0.25) is 0 Å². The van der Waals surface area contributed by atoms with Crippen molar-refractivity contribution >= 4 is 52.1 Å². The minimum Gasteiger partial charge on any atom is -0.367 e. The SMILES string of the molecule is CN=C(NCc1csc(N(C)C)n1)NC1CCCN(c2cc(C)ccc2F)C1.I. The molecule has 9 heteroatoms. The Labute approximate surface area is 193 Å². The van der Waals surface area contributed by atoms with Crippen molar-refractivity contribution in [3.05, 3.63) is 40.7 Å². The predicted molar refractivity (Wildman–Crippen MR) is 132 cm³/mol. The number of aliphatic imine (C=N–C) groups is 1. The highest BCUT2D eigenvalue weighted by molar-refractivity contribution is 14.0. The lowest BCUT2D eigenvalue weighted by Crippen LogP contribution is -2.51. The number of aromatic nitrogens is 1. The number of piperidine rings is 1. The van der Waals surface area contributed by atoms with E-state index in [1.54, 1.807) is 24.5 Å². The Morgan fingerprint density at radius 1 is 1.41 bits per heavy atom. The van der Waals surface area contributed by atoms with Crippen LogP contribution < -0.4 is 20.4 Å². The molecule has 1 aromatic heterocycles. The molecular weight excluding hydrogens is 502 g/mol. The molecule has 1 saturated heterocycles. The number of halogens is 2. The Morgan fingerprint density at radius 2 is 2.21 bits per heavy atom. The van der Waals surface area contributed by atoms with E-state index in [0.29, 0.717) is 12.2 Å². The van der Waals surface area contributed by atoms with Crippen LogP contribution in [0.25, 0.3) is 0 Å². The summed E-state index contributed by atoms with van der Waals surface area (Å²) in [7, 11) is 5.74. The second-order valence-corrected chi connectivity index (χ2v) is 8.16. The largest absolute Gasteiger partial charge is 0.367 e. The van der Waals surface area contributed by atoms with E-state index < -0.39 is 0 Å². The maximum Gasteiger partial charge on any atom is 0.191 e. The molecule has 0 radical (unpaired) electrons. The van der Waals surface area contributed by atoms with Gasteiger partial charge in [-0.25, -0.2) is 9.37 Å². The van der Waals surface area contributed by atoms with Crippen LogP contribution in [0.4, 0.5) is 15.2 Å². The first kappa shape index (κ1) is 23.7. The molecule has 0 bridgehead atoms. The fourth-order valence-corrected chi connectivity index (χ4v) is 4.08. The average molecular weight is 532 g/mol. The number of aryl methyl sites for hydroxylation is 1. The minimum atomic E-state index is -0.158. The zero-order valence-electron chi connectivity index (χ0n) is 17.4. The fourth-order valence-electron chi connectivity index (χ4n) is 3.32. The average Bonchev–Trinajstić information content (AvgIpc) is 3.16. The number of nitrogens with zero attached hydrogens (tertiary/aromatic N) is 4. The van der Waals surface area contributed by atoms with Gasteiger partial charge in [0, 0.05) is 45.7 Å². The summed E-state index contributed by atoms with van der Waals surface area (Å²) in [5, 5.41) is 9.85. The van der Waals surface area contributed by atoms with Gasteiger partial charge in [0.25, 0.3) is 0 Å². The van der Waals surface area contributed by atoms with Gasteiger partial charge in [-0.15, -0.1) is 35.3 Å². The van der Waals surface area contributed by atoms with Crippen LogP contribution in [0.1, 0.15) is 24.1 Å². The van der Waals surface area contributed by atoms with Crippen molar-refractivity contribution in [1.29, 1.82) is 0 Å². The van der Waals surface area contributed by atoms with E-state index in [9.17, 15) is 4.39 Å². The number of hydrogen-bond donors (Lipinski definition) is 2. The summed E-state index contributed by atoms with van der Waals surface area (Å²) in [5.41, 5.74) is 2.75. The van der Waals surface area contributed by atoms with E-state index in [1.165, 1.54) is 0 Å². The van der Waals surface area contributed by atoms with Gasteiger partial charge in [0.05, 0.1) is 17.9 Å². The molecule has 1 aliphatic rings. The van der Waals surface area contributed by atoms with Gasteiger partial charge >= 0.3 is 0 Å². The monoisotopic (exact) mass is 532 g/mol. The van der Waals surface area contributed by atoms with Crippen molar-refractivity contribution in [3.8, 4) is 0 Å². The molecule has 1 aliphatic heterocycles. The summed E-state index contributed by atoms with van der Waals surface area (Å²) < 4.78 is 14.3. The summed E-state index contributed by atoms with van der Waals surface area (Å²) in [6, 6.07) is 5.50. The lowest BCUT2D eigenvalue weighted by atomic mass is 10.0. The third kappa shape index (κ3) is 6.43. The van der Waals surface area contributed by atoms with E-state index in [4.69, 9.17) is 0 Å². The van der Waals surface area contributed by atoms with Crippen LogP contribution in [-0.4, -0.2) is 51.2 Å². The van der Waals surface area contributed by atoms with Crippen LogP contribution in [0, 0.1) is 12.7 Å². The van der Waals surface area contributed by atoms with Crippen LogP contribution >= 0.6 is 35.3 Å². The lowest BCUT2D eigenvalue weighted by molar-refractivity contribution is 0.462. The number of rotatable bonds is 5. The topological polar surface area (TPSA) is 55.8 Å². The standard InChI is InChI=1S/C20H29FN6S.HI/c1-14-7-8-17(21)18(10-14)27-9-5-6-15(12-27)24-19(22-2)23-11-16-13-28-20(25-16)26(3)4;/h7-8,10,13,15H,5-6,9,11-12H2,1-4H3,(H2,22,23,24);1H. The van der Waals surface area contributed by atoms with Gasteiger partial charge in [0.15, 0.2) is 11.1 Å². The Hall–Kier alpha value is -1.62. The fraction of sp³-hybridized carbons (Fsp3) is 0.500. The molecule has 0 amide bonds. The lowest BCUT2D eigenvalue weighted by Gasteiger charge is -2.35. The van der Waals surface area contributed by atoms with E-state index in [1.807, 2.05) is 38.1 Å². The zero-order valence-corrected chi connectivity index (χ0v) is 20.6. The number of nitrogens with one attached hydrogen (secondary N) is 2. The van der Waals surface area contributed by atoms with Crippen molar-refractivity contribution in [2.24, 2.45) is 4.99 Å². The summed E-state index contributed by atoms with van der Waals surface area (Å²) >= 11 is 1.63. The molecule has 3 rings (SSSR count).